The lowest BCUT2D eigenvalue weighted by molar-refractivity contribution is 0.869. The molecule has 0 saturated heterocycles. The zero-order valence-electron chi connectivity index (χ0n) is 12.1. The number of para-hydroxylation sites is 1. The van der Waals surface area contributed by atoms with Crippen LogP contribution < -0.4 is 10.6 Å². The van der Waals surface area contributed by atoms with Crippen molar-refractivity contribution < 1.29 is 0 Å². The molecule has 2 aromatic carbocycles. The van der Waals surface area contributed by atoms with Gasteiger partial charge in [0, 0.05) is 11.4 Å². The van der Waals surface area contributed by atoms with E-state index in [9.17, 15) is 0 Å². The summed E-state index contributed by atoms with van der Waals surface area (Å²) >= 11 is 5.37. The normalized spacial score (nSPS) is 10.4. The van der Waals surface area contributed by atoms with Gasteiger partial charge in [0.25, 0.3) is 0 Å². The lowest BCUT2D eigenvalue weighted by Gasteiger charge is -2.16. The Morgan fingerprint density at radius 2 is 1.60 bits per heavy atom. The third-order valence-corrected chi connectivity index (χ3v) is 3.34. The Morgan fingerprint density at radius 3 is 2.25 bits per heavy atom. The van der Waals surface area contributed by atoms with E-state index in [0.29, 0.717) is 11.0 Å². The number of anilines is 2. The summed E-state index contributed by atoms with van der Waals surface area (Å²) in [6.07, 6.45) is 0. The van der Waals surface area contributed by atoms with Crippen molar-refractivity contribution in [3.8, 4) is 0 Å². The van der Waals surface area contributed by atoms with Crippen LogP contribution in [-0.2, 0) is 0 Å². The molecule has 0 saturated carbocycles. The van der Waals surface area contributed by atoms with Gasteiger partial charge >= 0.3 is 0 Å². The van der Waals surface area contributed by atoms with Crippen LogP contribution in [0.15, 0.2) is 48.5 Å². The molecule has 0 aliphatic rings. The minimum absolute atomic E-state index is 0.459. The number of rotatable bonds is 3. The van der Waals surface area contributed by atoms with Crippen molar-refractivity contribution in [3.63, 3.8) is 0 Å². The van der Waals surface area contributed by atoms with Crippen molar-refractivity contribution in [2.75, 3.05) is 10.6 Å². The second-order valence-electron chi connectivity index (χ2n) is 5.19. The molecule has 0 aliphatic heterocycles. The van der Waals surface area contributed by atoms with Crippen LogP contribution in [0.2, 0.25) is 0 Å². The van der Waals surface area contributed by atoms with Crippen LogP contribution in [0.3, 0.4) is 0 Å². The second-order valence-corrected chi connectivity index (χ2v) is 5.60. The molecule has 0 radical (unpaired) electrons. The van der Waals surface area contributed by atoms with Gasteiger partial charge in [-0.3, -0.25) is 0 Å². The lowest BCUT2D eigenvalue weighted by atomic mass is 10.0. The molecule has 0 heterocycles. The predicted molar refractivity (Wildman–Crippen MR) is 91.6 cm³/mol. The van der Waals surface area contributed by atoms with E-state index in [1.165, 1.54) is 11.1 Å². The molecular formula is C17H20N2S. The Bertz CT molecular complexity index is 588. The predicted octanol–water partition coefficient (Wildman–Crippen LogP) is 4.93. The zero-order valence-corrected chi connectivity index (χ0v) is 12.9. The Kier molecular flexibility index (Phi) is 4.74. The SMILES string of the molecule is Cc1ccc(NC(=S)Nc2ccccc2C(C)C)cc1. The fourth-order valence-electron chi connectivity index (χ4n) is 2.04. The summed E-state index contributed by atoms with van der Waals surface area (Å²) in [5, 5.41) is 7.09. The summed E-state index contributed by atoms with van der Waals surface area (Å²) in [5.74, 6) is 0.459. The van der Waals surface area contributed by atoms with Crippen molar-refractivity contribution in [1.29, 1.82) is 0 Å². The topological polar surface area (TPSA) is 24.1 Å². The monoisotopic (exact) mass is 284 g/mol. The van der Waals surface area contributed by atoms with Gasteiger partial charge in [0.2, 0.25) is 0 Å². The quantitative estimate of drug-likeness (QED) is 0.782. The number of hydrogen-bond donors (Lipinski definition) is 2. The number of hydrogen-bond acceptors (Lipinski definition) is 1. The van der Waals surface area contributed by atoms with Crippen LogP contribution in [-0.4, -0.2) is 5.11 Å². The van der Waals surface area contributed by atoms with Gasteiger partial charge in [-0.05, 0) is 48.8 Å². The summed E-state index contributed by atoms with van der Waals surface area (Å²) in [6.45, 7) is 6.42. The van der Waals surface area contributed by atoms with E-state index in [1.807, 2.05) is 18.2 Å². The van der Waals surface area contributed by atoms with Crippen LogP contribution in [0.25, 0.3) is 0 Å². The molecule has 3 heteroatoms. The number of nitrogens with one attached hydrogen (secondary N) is 2. The fraction of sp³-hybridized carbons (Fsp3) is 0.235. The third kappa shape index (κ3) is 3.81. The van der Waals surface area contributed by atoms with E-state index in [-0.39, 0.29) is 0 Å². The summed E-state index contributed by atoms with van der Waals surface area (Å²) in [7, 11) is 0. The molecule has 0 amide bonds. The first-order chi connectivity index (χ1) is 9.56. The minimum atomic E-state index is 0.459. The number of thiocarbonyl (C=S) groups is 1. The number of aryl methyl sites for hydroxylation is 1. The molecule has 0 spiro atoms. The largest absolute Gasteiger partial charge is 0.332 e. The Labute approximate surface area is 126 Å². The van der Waals surface area contributed by atoms with Gasteiger partial charge in [-0.25, -0.2) is 0 Å². The van der Waals surface area contributed by atoms with E-state index in [4.69, 9.17) is 12.2 Å². The molecular weight excluding hydrogens is 264 g/mol. The van der Waals surface area contributed by atoms with E-state index in [0.717, 1.165) is 11.4 Å². The van der Waals surface area contributed by atoms with Crippen molar-refractivity contribution in [2.45, 2.75) is 26.7 Å². The number of benzene rings is 2. The fourth-order valence-corrected chi connectivity index (χ4v) is 2.26. The maximum absolute atomic E-state index is 5.37. The highest BCUT2D eigenvalue weighted by molar-refractivity contribution is 7.80. The molecule has 0 aliphatic carbocycles. The minimum Gasteiger partial charge on any atom is -0.332 e. The van der Waals surface area contributed by atoms with Crippen molar-refractivity contribution in [2.24, 2.45) is 0 Å². The van der Waals surface area contributed by atoms with E-state index in [2.05, 4.69) is 61.7 Å². The van der Waals surface area contributed by atoms with E-state index >= 15 is 0 Å². The molecule has 104 valence electrons. The first kappa shape index (κ1) is 14.5. The molecule has 0 fully saturated rings. The maximum atomic E-state index is 5.37. The van der Waals surface area contributed by atoms with Crippen molar-refractivity contribution in [1.82, 2.24) is 0 Å². The van der Waals surface area contributed by atoms with Crippen LogP contribution in [0.1, 0.15) is 30.9 Å². The van der Waals surface area contributed by atoms with Gasteiger partial charge in [0.05, 0.1) is 0 Å². The molecule has 2 N–H and O–H groups in total. The summed E-state index contributed by atoms with van der Waals surface area (Å²) in [4.78, 5) is 0. The Morgan fingerprint density at radius 1 is 0.950 bits per heavy atom. The van der Waals surface area contributed by atoms with Crippen LogP contribution in [0.4, 0.5) is 11.4 Å². The summed E-state index contributed by atoms with van der Waals surface area (Å²) in [6, 6.07) is 16.4. The third-order valence-electron chi connectivity index (χ3n) is 3.14. The van der Waals surface area contributed by atoms with Gasteiger partial charge in [-0.15, -0.1) is 0 Å². The summed E-state index contributed by atoms with van der Waals surface area (Å²) < 4.78 is 0. The van der Waals surface area contributed by atoms with E-state index < -0.39 is 0 Å². The highest BCUT2D eigenvalue weighted by atomic mass is 32.1. The first-order valence-electron chi connectivity index (χ1n) is 6.80. The van der Waals surface area contributed by atoms with Gasteiger partial charge in [0.15, 0.2) is 5.11 Å². The molecule has 0 bridgehead atoms. The average Bonchev–Trinajstić information content (AvgIpc) is 2.41. The molecule has 0 unspecified atom stereocenters. The van der Waals surface area contributed by atoms with E-state index in [1.54, 1.807) is 0 Å². The van der Waals surface area contributed by atoms with Gasteiger partial charge in [0.1, 0.15) is 0 Å². The van der Waals surface area contributed by atoms with Crippen LogP contribution in [0.5, 0.6) is 0 Å². The zero-order chi connectivity index (χ0) is 14.5. The maximum Gasteiger partial charge on any atom is 0.175 e. The van der Waals surface area contributed by atoms with Crippen LogP contribution >= 0.6 is 12.2 Å². The molecule has 2 rings (SSSR count). The van der Waals surface area contributed by atoms with Gasteiger partial charge in [-0.1, -0.05) is 49.7 Å². The van der Waals surface area contributed by atoms with Gasteiger partial charge in [-0.2, -0.15) is 0 Å². The molecule has 2 nitrogen and oxygen atoms in total. The molecule has 20 heavy (non-hydrogen) atoms. The molecule has 0 atom stereocenters. The average molecular weight is 284 g/mol. The Hall–Kier alpha value is -1.87. The molecule has 0 aromatic heterocycles. The molecule has 2 aromatic rings. The highest BCUT2D eigenvalue weighted by Crippen LogP contribution is 2.23. The standard InChI is InChI=1S/C17H20N2S/c1-12(2)15-6-4-5-7-16(15)19-17(20)18-14-10-8-13(3)9-11-14/h4-12H,1-3H3,(H2,18,19,20). The van der Waals surface area contributed by atoms with Crippen molar-refractivity contribution in [3.05, 3.63) is 59.7 Å². The van der Waals surface area contributed by atoms with Crippen molar-refractivity contribution >= 4 is 28.7 Å². The summed E-state index contributed by atoms with van der Waals surface area (Å²) in [5.41, 5.74) is 4.56. The highest BCUT2D eigenvalue weighted by Gasteiger charge is 2.07. The van der Waals surface area contributed by atoms with Gasteiger partial charge < -0.3 is 10.6 Å². The Balaban J connectivity index is 2.07. The smallest absolute Gasteiger partial charge is 0.175 e. The second kappa shape index (κ2) is 6.53. The van der Waals surface area contributed by atoms with Crippen LogP contribution in [0, 0.1) is 6.92 Å². The first-order valence-corrected chi connectivity index (χ1v) is 7.20. The lowest BCUT2D eigenvalue weighted by Crippen LogP contribution is -2.20.